The summed E-state index contributed by atoms with van der Waals surface area (Å²) < 4.78 is 5.31. The first-order valence-corrected chi connectivity index (χ1v) is 7.49. The number of anilines is 1. The number of nitrogens with one attached hydrogen (secondary N) is 1. The molecule has 0 aromatic heterocycles. The molecule has 1 aromatic rings. The van der Waals surface area contributed by atoms with E-state index in [9.17, 15) is 9.59 Å². The summed E-state index contributed by atoms with van der Waals surface area (Å²) in [5.74, 6) is 0.434. The first-order valence-electron chi connectivity index (χ1n) is 7.49. The average Bonchev–Trinajstić information content (AvgIpc) is 2.53. The number of carbonyl (C=O) groups excluding carboxylic acids is 2. The van der Waals surface area contributed by atoms with E-state index in [0.717, 1.165) is 12.8 Å². The van der Waals surface area contributed by atoms with E-state index in [2.05, 4.69) is 5.32 Å². The summed E-state index contributed by atoms with van der Waals surface area (Å²) in [5.41, 5.74) is 1.17. The van der Waals surface area contributed by atoms with Crippen molar-refractivity contribution in [3.63, 3.8) is 0 Å². The molecule has 21 heavy (non-hydrogen) atoms. The second kappa shape index (κ2) is 5.76. The molecule has 112 valence electrons. The van der Waals surface area contributed by atoms with Gasteiger partial charge in [-0.05, 0) is 31.0 Å². The zero-order chi connectivity index (χ0) is 14.8. The molecule has 0 unspecified atom stereocenters. The molecular weight excluding hydrogens is 268 g/mol. The average molecular weight is 288 g/mol. The Morgan fingerprint density at radius 1 is 1.29 bits per heavy atom. The highest BCUT2D eigenvalue weighted by atomic mass is 16.5. The molecule has 1 aliphatic carbocycles. The maximum Gasteiger partial charge on any atom is 0.262 e. The highest BCUT2D eigenvalue weighted by Crippen LogP contribution is 2.29. The molecule has 0 saturated heterocycles. The van der Waals surface area contributed by atoms with Gasteiger partial charge in [-0.25, -0.2) is 0 Å². The van der Waals surface area contributed by atoms with Crippen molar-refractivity contribution in [1.82, 2.24) is 4.90 Å². The van der Waals surface area contributed by atoms with Crippen LogP contribution in [0.2, 0.25) is 0 Å². The predicted octanol–water partition coefficient (Wildman–Crippen LogP) is 2.42. The normalized spacial score (nSPS) is 18.4. The van der Waals surface area contributed by atoms with Crippen molar-refractivity contribution in [2.45, 2.75) is 38.1 Å². The fourth-order valence-corrected chi connectivity index (χ4v) is 3.05. The number of hydrogen-bond acceptors (Lipinski definition) is 3. The van der Waals surface area contributed by atoms with E-state index in [1.165, 1.54) is 19.3 Å². The summed E-state index contributed by atoms with van der Waals surface area (Å²) in [4.78, 5) is 25.8. The molecule has 2 aliphatic rings. The predicted molar refractivity (Wildman–Crippen MR) is 79.5 cm³/mol. The molecule has 1 fully saturated rings. The smallest absolute Gasteiger partial charge is 0.262 e. The number of rotatable bonds is 2. The molecule has 2 amide bonds. The summed E-state index contributed by atoms with van der Waals surface area (Å²) in [6.07, 6.45) is 5.80. The number of hydrogen-bond donors (Lipinski definition) is 1. The summed E-state index contributed by atoms with van der Waals surface area (Å²) in [6, 6.07) is 5.54. The van der Waals surface area contributed by atoms with Crippen LogP contribution < -0.4 is 10.1 Å². The number of nitrogens with zero attached hydrogens (tertiary/aromatic N) is 1. The first kappa shape index (κ1) is 13.9. The van der Waals surface area contributed by atoms with Gasteiger partial charge in [-0.2, -0.15) is 0 Å². The fourth-order valence-electron chi connectivity index (χ4n) is 3.05. The first-order chi connectivity index (χ1) is 10.1. The molecule has 1 aromatic carbocycles. The standard InChI is InChI=1S/C16H20N2O3/c1-18(12-5-3-2-4-6-12)16(20)11-7-8-14-13(9-11)17-15(19)10-21-14/h7-9,12H,2-6,10H2,1H3,(H,17,19). The van der Waals surface area contributed by atoms with E-state index in [-0.39, 0.29) is 18.4 Å². The topological polar surface area (TPSA) is 58.6 Å². The van der Waals surface area contributed by atoms with Crippen LogP contribution >= 0.6 is 0 Å². The molecule has 1 aliphatic heterocycles. The SMILES string of the molecule is CN(C(=O)c1ccc2c(c1)NC(=O)CO2)C1CCCCC1. The molecule has 0 radical (unpaired) electrons. The quantitative estimate of drug-likeness (QED) is 0.909. The van der Waals surface area contributed by atoms with Gasteiger partial charge in [0.15, 0.2) is 6.61 Å². The second-order valence-corrected chi connectivity index (χ2v) is 5.76. The third kappa shape index (κ3) is 2.86. The maximum absolute atomic E-state index is 12.6. The van der Waals surface area contributed by atoms with E-state index in [1.807, 2.05) is 11.9 Å². The van der Waals surface area contributed by atoms with Crippen LogP contribution in [0.4, 0.5) is 5.69 Å². The molecule has 0 spiro atoms. The lowest BCUT2D eigenvalue weighted by Gasteiger charge is -2.31. The van der Waals surface area contributed by atoms with E-state index in [4.69, 9.17) is 4.74 Å². The number of carbonyl (C=O) groups is 2. The third-order valence-electron chi connectivity index (χ3n) is 4.30. The Hall–Kier alpha value is -2.04. The minimum atomic E-state index is -0.187. The lowest BCUT2D eigenvalue weighted by Crippen LogP contribution is -2.38. The van der Waals surface area contributed by atoms with Crippen LogP contribution in [0.5, 0.6) is 5.75 Å². The van der Waals surface area contributed by atoms with Gasteiger partial charge in [-0.15, -0.1) is 0 Å². The van der Waals surface area contributed by atoms with Gasteiger partial charge in [-0.1, -0.05) is 19.3 Å². The number of ether oxygens (including phenoxy) is 1. The summed E-state index contributed by atoms with van der Waals surface area (Å²) in [5, 5.41) is 2.74. The Bertz CT molecular complexity index is 565. The van der Waals surface area contributed by atoms with E-state index < -0.39 is 0 Å². The molecule has 0 bridgehead atoms. The number of amides is 2. The van der Waals surface area contributed by atoms with Gasteiger partial charge >= 0.3 is 0 Å². The van der Waals surface area contributed by atoms with Crippen molar-refractivity contribution in [2.24, 2.45) is 0 Å². The van der Waals surface area contributed by atoms with Crippen LogP contribution in [0.15, 0.2) is 18.2 Å². The van der Waals surface area contributed by atoms with Gasteiger partial charge in [-0.3, -0.25) is 9.59 Å². The molecule has 1 heterocycles. The number of benzene rings is 1. The van der Waals surface area contributed by atoms with Crippen molar-refractivity contribution in [3.8, 4) is 5.75 Å². The van der Waals surface area contributed by atoms with Crippen LogP contribution in [-0.2, 0) is 4.79 Å². The highest BCUT2D eigenvalue weighted by molar-refractivity contribution is 5.99. The Labute approximate surface area is 124 Å². The summed E-state index contributed by atoms with van der Waals surface area (Å²) >= 11 is 0. The Balaban J connectivity index is 1.78. The highest BCUT2D eigenvalue weighted by Gasteiger charge is 2.24. The zero-order valence-electron chi connectivity index (χ0n) is 12.2. The van der Waals surface area contributed by atoms with Gasteiger partial charge in [0.1, 0.15) is 5.75 Å². The molecule has 0 atom stereocenters. The van der Waals surface area contributed by atoms with Crippen molar-refractivity contribution in [3.05, 3.63) is 23.8 Å². The lowest BCUT2D eigenvalue weighted by atomic mass is 9.94. The van der Waals surface area contributed by atoms with E-state index in [0.29, 0.717) is 23.0 Å². The third-order valence-corrected chi connectivity index (χ3v) is 4.30. The van der Waals surface area contributed by atoms with Gasteiger partial charge < -0.3 is 15.0 Å². The lowest BCUT2D eigenvalue weighted by molar-refractivity contribution is -0.118. The van der Waals surface area contributed by atoms with Crippen LogP contribution in [0.1, 0.15) is 42.5 Å². The Morgan fingerprint density at radius 3 is 2.81 bits per heavy atom. The minimum absolute atomic E-state index is 0.00419. The van der Waals surface area contributed by atoms with Gasteiger partial charge in [0.05, 0.1) is 5.69 Å². The van der Waals surface area contributed by atoms with Gasteiger partial charge in [0.2, 0.25) is 0 Å². The van der Waals surface area contributed by atoms with Crippen LogP contribution in [0.25, 0.3) is 0 Å². The van der Waals surface area contributed by atoms with E-state index in [1.54, 1.807) is 18.2 Å². The van der Waals surface area contributed by atoms with Gasteiger partial charge in [0.25, 0.3) is 11.8 Å². The molecule has 5 heteroatoms. The van der Waals surface area contributed by atoms with Crippen molar-refractivity contribution in [2.75, 3.05) is 19.0 Å². The zero-order valence-corrected chi connectivity index (χ0v) is 12.2. The van der Waals surface area contributed by atoms with Crippen LogP contribution in [-0.4, -0.2) is 36.4 Å². The van der Waals surface area contributed by atoms with Crippen molar-refractivity contribution < 1.29 is 14.3 Å². The Kier molecular flexibility index (Phi) is 3.82. The monoisotopic (exact) mass is 288 g/mol. The molecule has 1 saturated carbocycles. The summed E-state index contributed by atoms with van der Waals surface area (Å²) in [6.45, 7) is 0.0300. The molecule has 1 N–H and O–H groups in total. The molecular formula is C16H20N2O3. The Morgan fingerprint density at radius 2 is 2.05 bits per heavy atom. The van der Waals surface area contributed by atoms with Crippen LogP contribution in [0, 0.1) is 0 Å². The van der Waals surface area contributed by atoms with Crippen molar-refractivity contribution >= 4 is 17.5 Å². The van der Waals surface area contributed by atoms with Crippen molar-refractivity contribution in [1.29, 1.82) is 0 Å². The minimum Gasteiger partial charge on any atom is -0.482 e. The fraction of sp³-hybridized carbons (Fsp3) is 0.500. The number of fused-ring (bicyclic) bond motifs is 1. The largest absolute Gasteiger partial charge is 0.482 e. The van der Waals surface area contributed by atoms with E-state index >= 15 is 0 Å². The van der Waals surface area contributed by atoms with Gasteiger partial charge in [0, 0.05) is 18.7 Å². The summed E-state index contributed by atoms with van der Waals surface area (Å²) in [7, 11) is 1.87. The second-order valence-electron chi connectivity index (χ2n) is 5.76. The van der Waals surface area contributed by atoms with Crippen LogP contribution in [0.3, 0.4) is 0 Å². The molecule has 3 rings (SSSR count). The maximum atomic E-state index is 12.6. The molecule has 5 nitrogen and oxygen atoms in total.